The lowest BCUT2D eigenvalue weighted by atomic mass is 9.95. The van der Waals surface area contributed by atoms with Crippen molar-refractivity contribution in [3.05, 3.63) is 77.0 Å². The Bertz CT molecular complexity index is 942. The molecule has 0 unspecified atom stereocenters. The average molecular weight is 406 g/mol. The highest BCUT2D eigenvalue weighted by atomic mass is 32.1. The number of nitrogens with zero attached hydrogens (tertiary/aromatic N) is 1. The number of carbonyl (C=O) groups is 1. The standard InChI is InChI=1S/C20H17F3N2O2S/c1-12-16(18(26)27-2)17(13-7-4-3-5-8-13)24-19(28)25(12)15-10-6-9-14(11-15)20(21,22)23/h3-11,17H,1-2H3,(H,24,28)/t17-/m1/s1. The zero-order valence-corrected chi connectivity index (χ0v) is 15.9. The number of hydrogen-bond donors (Lipinski definition) is 1. The van der Waals surface area contributed by atoms with Gasteiger partial charge in [0.1, 0.15) is 0 Å². The molecule has 1 heterocycles. The highest BCUT2D eigenvalue weighted by molar-refractivity contribution is 7.80. The summed E-state index contributed by atoms with van der Waals surface area (Å²) in [7, 11) is 1.26. The Hall–Kier alpha value is -2.87. The summed E-state index contributed by atoms with van der Waals surface area (Å²) in [4.78, 5) is 13.9. The lowest BCUT2D eigenvalue weighted by Gasteiger charge is -2.37. The maximum Gasteiger partial charge on any atom is 0.416 e. The normalized spacial score (nSPS) is 17.4. The highest BCUT2D eigenvalue weighted by Gasteiger charge is 2.36. The molecule has 8 heteroatoms. The fourth-order valence-electron chi connectivity index (χ4n) is 3.15. The molecule has 28 heavy (non-hydrogen) atoms. The third-order valence-corrected chi connectivity index (χ3v) is 4.76. The molecule has 1 aliphatic heterocycles. The van der Waals surface area contributed by atoms with Crippen molar-refractivity contribution in [2.75, 3.05) is 12.0 Å². The number of carbonyl (C=O) groups excluding carboxylic acids is 1. The largest absolute Gasteiger partial charge is 0.466 e. The van der Waals surface area contributed by atoms with E-state index < -0.39 is 23.8 Å². The van der Waals surface area contributed by atoms with Gasteiger partial charge in [0.05, 0.1) is 24.3 Å². The molecule has 2 aromatic rings. The summed E-state index contributed by atoms with van der Waals surface area (Å²) in [5, 5.41) is 3.25. The molecule has 0 bridgehead atoms. The van der Waals surface area contributed by atoms with E-state index in [1.807, 2.05) is 30.3 Å². The maximum atomic E-state index is 13.1. The van der Waals surface area contributed by atoms with Gasteiger partial charge < -0.3 is 10.1 Å². The summed E-state index contributed by atoms with van der Waals surface area (Å²) in [6.45, 7) is 1.63. The highest BCUT2D eigenvalue weighted by Crippen LogP contribution is 2.36. The summed E-state index contributed by atoms with van der Waals surface area (Å²) < 4.78 is 44.3. The van der Waals surface area contributed by atoms with Crippen LogP contribution in [0, 0.1) is 0 Å². The van der Waals surface area contributed by atoms with Gasteiger partial charge in [0.2, 0.25) is 0 Å². The molecular formula is C20H17F3N2O2S. The number of hydrogen-bond acceptors (Lipinski definition) is 3. The van der Waals surface area contributed by atoms with Crippen molar-refractivity contribution in [2.24, 2.45) is 0 Å². The lowest BCUT2D eigenvalue weighted by Crippen LogP contribution is -2.48. The average Bonchev–Trinajstić information content (AvgIpc) is 2.67. The second-order valence-electron chi connectivity index (χ2n) is 6.17. The van der Waals surface area contributed by atoms with Crippen LogP contribution in [0.2, 0.25) is 0 Å². The molecular weight excluding hydrogens is 389 g/mol. The minimum Gasteiger partial charge on any atom is -0.466 e. The number of methoxy groups -OCH3 is 1. The zero-order chi connectivity index (χ0) is 20.5. The quantitative estimate of drug-likeness (QED) is 0.597. The van der Waals surface area contributed by atoms with Crippen LogP contribution in [0.5, 0.6) is 0 Å². The van der Waals surface area contributed by atoms with Crippen LogP contribution in [-0.2, 0) is 15.7 Å². The van der Waals surface area contributed by atoms with Crippen LogP contribution < -0.4 is 10.2 Å². The molecule has 1 N–H and O–H groups in total. The Morgan fingerprint density at radius 2 is 1.82 bits per heavy atom. The number of halogens is 3. The van der Waals surface area contributed by atoms with Crippen LogP contribution in [0.3, 0.4) is 0 Å². The SMILES string of the molecule is COC(=O)C1=C(C)N(c2cccc(C(F)(F)F)c2)C(=S)N[C@@H]1c1ccccc1. The number of anilines is 1. The Balaban J connectivity index is 2.14. The monoisotopic (exact) mass is 406 g/mol. The Labute approximate surface area is 165 Å². The van der Waals surface area contributed by atoms with Crippen LogP contribution in [0.4, 0.5) is 18.9 Å². The van der Waals surface area contributed by atoms with Crippen molar-refractivity contribution in [3.63, 3.8) is 0 Å². The molecule has 2 aromatic carbocycles. The van der Waals surface area contributed by atoms with E-state index in [4.69, 9.17) is 17.0 Å². The zero-order valence-electron chi connectivity index (χ0n) is 15.1. The summed E-state index contributed by atoms with van der Waals surface area (Å²) in [5.41, 5.74) is 0.875. The van der Waals surface area contributed by atoms with Crippen molar-refractivity contribution < 1.29 is 22.7 Å². The number of thiocarbonyl (C=S) groups is 1. The fourth-order valence-corrected chi connectivity index (χ4v) is 3.51. The van der Waals surface area contributed by atoms with Crippen LogP contribution in [0.25, 0.3) is 0 Å². The van der Waals surface area contributed by atoms with E-state index in [1.54, 1.807) is 6.92 Å². The first kappa shape index (κ1) is 19.9. The summed E-state index contributed by atoms with van der Waals surface area (Å²) in [5.74, 6) is -0.585. The first-order valence-electron chi connectivity index (χ1n) is 8.36. The van der Waals surface area contributed by atoms with Gasteiger partial charge in [0, 0.05) is 11.4 Å². The van der Waals surface area contributed by atoms with Gasteiger partial charge in [-0.3, -0.25) is 4.90 Å². The minimum absolute atomic E-state index is 0.193. The van der Waals surface area contributed by atoms with Gasteiger partial charge in [-0.05, 0) is 42.9 Å². The molecule has 4 nitrogen and oxygen atoms in total. The van der Waals surface area contributed by atoms with E-state index in [-0.39, 0.29) is 16.4 Å². The number of nitrogens with one attached hydrogen (secondary N) is 1. The molecule has 0 radical (unpaired) electrons. The predicted molar refractivity (Wildman–Crippen MR) is 104 cm³/mol. The fraction of sp³-hybridized carbons (Fsp3) is 0.200. The van der Waals surface area contributed by atoms with Crippen LogP contribution in [-0.4, -0.2) is 18.2 Å². The lowest BCUT2D eigenvalue weighted by molar-refractivity contribution is -0.138. The van der Waals surface area contributed by atoms with E-state index >= 15 is 0 Å². The minimum atomic E-state index is -4.49. The molecule has 146 valence electrons. The van der Waals surface area contributed by atoms with Gasteiger partial charge in [-0.15, -0.1) is 0 Å². The summed E-state index contributed by atoms with van der Waals surface area (Å²) >= 11 is 5.42. The Morgan fingerprint density at radius 3 is 2.43 bits per heavy atom. The molecule has 3 rings (SSSR count). The summed E-state index contributed by atoms with van der Waals surface area (Å²) in [6, 6.07) is 13.4. The first-order valence-corrected chi connectivity index (χ1v) is 8.76. The Morgan fingerprint density at radius 1 is 1.14 bits per heavy atom. The van der Waals surface area contributed by atoms with Gasteiger partial charge >= 0.3 is 12.1 Å². The number of rotatable bonds is 3. The van der Waals surface area contributed by atoms with Crippen molar-refractivity contribution >= 4 is 29.0 Å². The Kier molecular flexibility index (Phi) is 5.42. The molecule has 0 fully saturated rings. The second kappa shape index (κ2) is 7.63. The number of esters is 1. The smallest absolute Gasteiger partial charge is 0.416 e. The molecule has 1 aliphatic rings. The molecule has 0 aromatic heterocycles. The molecule has 0 spiro atoms. The van der Waals surface area contributed by atoms with Crippen molar-refractivity contribution in [3.8, 4) is 0 Å². The number of ether oxygens (including phenoxy) is 1. The molecule has 0 amide bonds. The molecule has 0 saturated heterocycles. The van der Waals surface area contributed by atoms with E-state index in [0.29, 0.717) is 5.70 Å². The molecule has 0 saturated carbocycles. The van der Waals surface area contributed by atoms with Crippen LogP contribution >= 0.6 is 12.2 Å². The van der Waals surface area contributed by atoms with Gasteiger partial charge in [-0.1, -0.05) is 36.4 Å². The second-order valence-corrected chi connectivity index (χ2v) is 6.55. The van der Waals surface area contributed by atoms with E-state index in [0.717, 1.165) is 17.7 Å². The van der Waals surface area contributed by atoms with Gasteiger partial charge in [-0.25, -0.2) is 4.79 Å². The van der Waals surface area contributed by atoms with Crippen molar-refractivity contribution in [1.29, 1.82) is 0 Å². The van der Waals surface area contributed by atoms with Crippen molar-refractivity contribution in [2.45, 2.75) is 19.1 Å². The third-order valence-electron chi connectivity index (χ3n) is 4.45. The van der Waals surface area contributed by atoms with E-state index in [1.165, 1.54) is 24.1 Å². The summed E-state index contributed by atoms with van der Waals surface area (Å²) in [6.07, 6.45) is -4.49. The number of benzene rings is 2. The van der Waals surface area contributed by atoms with Crippen LogP contribution in [0.15, 0.2) is 65.9 Å². The molecule has 1 atom stereocenters. The van der Waals surface area contributed by atoms with Gasteiger partial charge in [0.15, 0.2) is 5.11 Å². The molecule has 0 aliphatic carbocycles. The first-order chi connectivity index (χ1) is 13.2. The van der Waals surface area contributed by atoms with E-state index in [2.05, 4.69) is 5.32 Å². The van der Waals surface area contributed by atoms with E-state index in [9.17, 15) is 18.0 Å². The van der Waals surface area contributed by atoms with Gasteiger partial charge in [-0.2, -0.15) is 13.2 Å². The number of allylic oxidation sites excluding steroid dienone is 1. The van der Waals surface area contributed by atoms with Crippen LogP contribution in [0.1, 0.15) is 24.1 Å². The maximum absolute atomic E-state index is 13.1. The van der Waals surface area contributed by atoms with Gasteiger partial charge in [0.25, 0.3) is 0 Å². The predicted octanol–water partition coefficient (Wildman–Crippen LogP) is 4.59. The topological polar surface area (TPSA) is 41.6 Å². The third kappa shape index (κ3) is 3.73. The van der Waals surface area contributed by atoms with Crippen molar-refractivity contribution in [1.82, 2.24) is 5.32 Å². The number of alkyl halides is 3.